The number of hydrogen-bond acceptors (Lipinski definition) is 15. The second kappa shape index (κ2) is 46.2. The van der Waals surface area contributed by atoms with Gasteiger partial charge < -0.3 is 38.6 Å². The van der Waals surface area contributed by atoms with E-state index in [2.05, 4.69) is 38.0 Å². The third-order valence-electron chi connectivity index (χ3n) is 14.1. The molecular formula is C61H103N3O13. The number of ether oxygens (including phenoxy) is 6. The van der Waals surface area contributed by atoms with Gasteiger partial charge in [0.1, 0.15) is 12.4 Å². The van der Waals surface area contributed by atoms with Crippen LogP contribution in [0, 0.1) is 17.8 Å². The van der Waals surface area contributed by atoms with Crippen molar-refractivity contribution in [2.75, 3.05) is 58.0 Å². The van der Waals surface area contributed by atoms with Crippen molar-refractivity contribution < 1.29 is 62.0 Å². The highest BCUT2D eigenvalue weighted by atomic mass is 16.6. The average Bonchev–Trinajstić information content (AvgIpc) is 3.83. The fourth-order valence-electron chi connectivity index (χ4n) is 9.43. The fourth-order valence-corrected chi connectivity index (χ4v) is 9.43. The number of Topliss-reactive ketones (excluding diaryl/α,β-unsaturated/α-hetero) is 1. The molecule has 0 radical (unpaired) electrons. The van der Waals surface area contributed by atoms with Gasteiger partial charge in [0, 0.05) is 81.5 Å². The lowest BCUT2D eigenvalue weighted by molar-refractivity contribution is -0.155. The molecule has 1 aromatic rings. The van der Waals surface area contributed by atoms with Gasteiger partial charge in [0.05, 0.1) is 45.5 Å². The molecule has 1 amide bonds. The van der Waals surface area contributed by atoms with E-state index in [0.717, 1.165) is 134 Å². The van der Waals surface area contributed by atoms with E-state index >= 15 is 0 Å². The van der Waals surface area contributed by atoms with Gasteiger partial charge >= 0.3 is 35.9 Å². The maximum Gasteiger partial charge on any atom is 0.410 e. The predicted octanol–water partition coefficient (Wildman–Crippen LogP) is 13.4. The summed E-state index contributed by atoms with van der Waals surface area (Å²) in [6.45, 7) is 8.96. The van der Waals surface area contributed by atoms with Gasteiger partial charge in [-0.15, -0.1) is 0 Å². The summed E-state index contributed by atoms with van der Waals surface area (Å²) < 4.78 is 34.1. The molecule has 0 aliphatic carbocycles. The molecule has 2 rings (SSSR count). The molecule has 1 N–H and O–H groups in total. The van der Waals surface area contributed by atoms with Gasteiger partial charge in [-0.05, 0) is 56.6 Å². The van der Waals surface area contributed by atoms with Gasteiger partial charge in [0.15, 0.2) is 0 Å². The highest BCUT2D eigenvalue weighted by Crippen LogP contribution is 2.29. The van der Waals surface area contributed by atoms with Crippen molar-refractivity contribution in [1.29, 1.82) is 0 Å². The highest BCUT2D eigenvalue weighted by Gasteiger charge is 2.38. The quantitative estimate of drug-likeness (QED) is 0.0366. The third-order valence-corrected chi connectivity index (χ3v) is 14.1. The maximum atomic E-state index is 13.9. The number of carbonyl (C=O) groups excluding carboxylic acids is 7. The van der Waals surface area contributed by atoms with Crippen molar-refractivity contribution >= 4 is 47.4 Å². The molecule has 16 nitrogen and oxygen atoms in total. The second-order valence-electron chi connectivity index (χ2n) is 21.4. The van der Waals surface area contributed by atoms with Crippen LogP contribution >= 0.6 is 0 Å². The van der Waals surface area contributed by atoms with Gasteiger partial charge in [-0.25, -0.2) is 4.79 Å². The molecule has 1 fully saturated rings. The van der Waals surface area contributed by atoms with Crippen molar-refractivity contribution in [2.45, 2.75) is 246 Å². The molecule has 77 heavy (non-hydrogen) atoms. The summed E-state index contributed by atoms with van der Waals surface area (Å²) in [7, 11) is 0. The Morgan fingerprint density at radius 3 is 1.34 bits per heavy atom. The molecule has 0 aromatic carbocycles. The van der Waals surface area contributed by atoms with E-state index in [9.17, 15) is 33.6 Å². The number of ketones is 1. The third kappa shape index (κ3) is 36.9. The lowest BCUT2D eigenvalue weighted by Gasteiger charge is -2.24. The molecule has 1 saturated heterocycles. The zero-order valence-electron chi connectivity index (χ0n) is 48.3. The van der Waals surface area contributed by atoms with E-state index in [1.807, 2.05) is 12.1 Å². The second-order valence-corrected chi connectivity index (χ2v) is 21.4. The summed E-state index contributed by atoms with van der Waals surface area (Å²) in [5.74, 6) is -3.64. The number of hydrogen-bond donors (Lipinski definition) is 1. The lowest BCUT2D eigenvalue weighted by Crippen LogP contribution is -2.39. The van der Waals surface area contributed by atoms with E-state index in [4.69, 9.17) is 28.4 Å². The molecule has 0 unspecified atom stereocenters. The zero-order valence-corrected chi connectivity index (χ0v) is 48.3. The number of nitrogens with one attached hydrogen (secondary N) is 1. The van der Waals surface area contributed by atoms with Crippen LogP contribution in [-0.2, 0) is 57.2 Å². The number of anilines is 1. The van der Waals surface area contributed by atoms with Crippen molar-refractivity contribution in [2.24, 2.45) is 17.8 Å². The van der Waals surface area contributed by atoms with Crippen LogP contribution in [0.15, 0.2) is 24.5 Å². The number of aromatic nitrogens is 1. The summed E-state index contributed by atoms with van der Waals surface area (Å²) in [5, 5.41) is 3.27. The minimum Gasteiger partial charge on any atom is -0.465 e. The number of likely N-dealkylation sites (tertiary alicyclic amines) is 1. The van der Waals surface area contributed by atoms with E-state index in [1.165, 1.54) is 17.7 Å². The molecule has 16 heteroatoms. The molecule has 1 aliphatic rings. The molecule has 0 saturated carbocycles. The standard InChI is InChI=1S/C61H103N3O13/c1-5-9-13-17-21-25-30-56(66)73-45-51(46-74-57(67)31-26-22-18-14-10-6-2)42-55(65)41-50-40-54(64(44-50)61(71)72-39-29-36-63-53-34-37-62-38-35-53)49-77-60(70)43-52(47-75-58(68)32-27-23-19-15-11-7-3)48-76-59(69)33-28-24-20-16-12-8-4/h34-35,37-38,50-52,54H,5-33,36,39-49H2,1-4H3,(H,62,63)/t50-,54+/m1/s1. The first kappa shape index (κ1) is 68.3. The topological polar surface area (TPSA) is 203 Å². The Labute approximate surface area is 463 Å². The molecule has 2 atom stereocenters. The van der Waals surface area contributed by atoms with Gasteiger partial charge in [0.25, 0.3) is 0 Å². The Morgan fingerprint density at radius 2 is 0.909 bits per heavy atom. The minimum absolute atomic E-state index is 0.00806. The van der Waals surface area contributed by atoms with Crippen LogP contribution in [0.4, 0.5) is 10.5 Å². The first-order valence-corrected chi connectivity index (χ1v) is 30.3. The highest BCUT2D eigenvalue weighted by molar-refractivity contribution is 5.79. The van der Waals surface area contributed by atoms with Gasteiger partial charge in [-0.3, -0.25) is 33.8 Å². The van der Waals surface area contributed by atoms with Crippen LogP contribution in [0.2, 0.25) is 0 Å². The number of rotatable bonds is 49. The first-order chi connectivity index (χ1) is 37.5. The predicted molar refractivity (Wildman–Crippen MR) is 300 cm³/mol. The van der Waals surface area contributed by atoms with Gasteiger partial charge in [-0.1, -0.05) is 156 Å². The molecule has 440 valence electrons. The van der Waals surface area contributed by atoms with E-state index in [-0.39, 0.29) is 127 Å². The maximum absolute atomic E-state index is 13.9. The van der Waals surface area contributed by atoms with Crippen molar-refractivity contribution in [3.8, 4) is 0 Å². The Balaban J connectivity index is 2.13. The van der Waals surface area contributed by atoms with Crippen LogP contribution in [0.3, 0.4) is 0 Å². The van der Waals surface area contributed by atoms with Gasteiger partial charge in [-0.2, -0.15) is 0 Å². The molecular weight excluding hydrogens is 983 g/mol. The van der Waals surface area contributed by atoms with E-state index < -0.39 is 29.9 Å². The fraction of sp³-hybridized carbons (Fsp3) is 0.803. The number of unbranched alkanes of at least 4 members (excludes halogenated alkanes) is 20. The molecule has 0 spiro atoms. The number of nitrogens with zero attached hydrogens (tertiary/aromatic N) is 2. The van der Waals surface area contributed by atoms with E-state index in [1.54, 1.807) is 12.4 Å². The van der Waals surface area contributed by atoms with Gasteiger partial charge in [0.2, 0.25) is 0 Å². The summed E-state index contributed by atoms with van der Waals surface area (Å²) in [4.78, 5) is 97.8. The SMILES string of the molecule is CCCCCCCCC(=O)OCC(COC(=O)CCCCCCCC)CC(=O)C[C@H]1C[C@@H](COC(=O)CC(COC(=O)CCCCCCCC)COC(=O)CCCCCCCC)N(C(=O)OCCCNc2ccncc2)C1. The Bertz CT molecular complexity index is 1670. The van der Waals surface area contributed by atoms with Crippen LogP contribution in [0.5, 0.6) is 0 Å². The molecule has 0 bridgehead atoms. The molecule has 2 heterocycles. The number of pyridine rings is 1. The average molecular weight is 1090 g/mol. The Hall–Kier alpha value is -4.76. The summed E-state index contributed by atoms with van der Waals surface area (Å²) in [6.07, 6.45) is 29.2. The zero-order chi connectivity index (χ0) is 56.0. The van der Waals surface area contributed by atoms with Crippen LogP contribution in [0.1, 0.15) is 240 Å². The molecule has 1 aromatic heterocycles. The summed E-state index contributed by atoms with van der Waals surface area (Å²) in [5.41, 5.74) is 0.889. The largest absolute Gasteiger partial charge is 0.465 e. The Morgan fingerprint density at radius 1 is 0.506 bits per heavy atom. The first-order valence-electron chi connectivity index (χ1n) is 30.3. The summed E-state index contributed by atoms with van der Waals surface area (Å²) >= 11 is 0. The number of esters is 5. The van der Waals surface area contributed by atoms with Crippen LogP contribution in [0.25, 0.3) is 0 Å². The molecule has 1 aliphatic heterocycles. The number of carbonyl (C=O) groups is 7. The van der Waals surface area contributed by atoms with Crippen molar-refractivity contribution in [3.63, 3.8) is 0 Å². The smallest absolute Gasteiger partial charge is 0.410 e. The van der Waals surface area contributed by atoms with Crippen molar-refractivity contribution in [3.05, 3.63) is 24.5 Å². The monoisotopic (exact) mass is 1090 g/mol. The van der Waals surface area contributed by atoms with Crippen molar-refractivity contribution in [1.82, 2.24) is 9.88 Å². The minimum atomic E-state index is -0.641. The normalized spacial score (nSPS) is 14.1. The van der Waals surface area contributed by atoms with Crippen LogP contribution < -0.4 is 5.32 Å². The van der Waals surface area contributed by atoms with Crippen LogP contribution in [-0.4, -0.2) is 110 Å². The summed E-state index contributed by atoms with van der Waals surface area (Å²) in [6, 6.07) is 3.08. The van der Waals surface area contributed by atoms with E-state index in [0.29, 0.717) is 32.2 Å². The number of amides is 1. The Kier molecular flexibility index (Phi) is 41.0. The lowest BCUT2D eigenvalue weighted by atomic mass is 9.94.